The monoisotopic (exact) mass is 432 g/mol. The predicted octanol–water partition coefficient (Wildman–Crippen LogP) is 4.47. The number of aryl methyl sites for hydroxylation is 1. The Hall–Kier alpha value is -3.15. The first-order chi connectivity index (χ1) is 15.5. The van der Waals surface area contributed by atoms with Crippen LogP contribution in [0.2, 0.25) is 0 Å². The Morgan fingerprint density at radius 1 is 0.938 bits per heavy atom. The van der Waals surface area contributed by atoms with Crippen molar-refractivity contribution < 1.29 is 9.18 Å². The highest BCUT2D eigenvalue weighted by Crippen LogP contribution is 2.29. The summed E-state index contributed by atoms with van der Waals surface area (Å²) >= 11 is 0. The normalized spacial score (nSPS) is 16.2. The van der Waals surface area contributed by atoms with Crippen molar-refractivity contribution in [2.45, 2.75) is 39.5 Å². The number of carbonyl (C=O) groups is 1. The minimum atomic E-state index is -0.271. The number of nitrogens with zero attached hydrogens (tertiary/aromatic N) is 4. The van der Waals surface area contributed by atoms with E-state index in [1.165, 1.54) is 28.9 Å². The Kier molecular flexibility index (Phi) is 5.45. The standard InChI is InChI=1S/C26H29FN4O/c1-18-6-5-9-23(19(18)2)29-14-16-30(17-15-29)26(32)25-22-7-3-4-8-24(22)31(28-25)21-12-10-20(27)11-13-21/h5-6,9-13H,3-4,7-8,14-17H2,1-2H3. The maximum Gasteiger partial charge on any atom is 0.274 e. The fourth-order valence-electron chi connectivity index (χ4n) is 4.95. The molecule has 0 atom stereocenters. The zero-order chi connectivity index (χ0) is 22.2. The van der Waals surface area contributed by atoms with Crippen LogP contribution in [0.5, 0.6) is 0 Å². The number of carbonyl (C=O) groups excluding carboxylic acids is 1. The van der Waals surface area contributed by atoms with Crippen LogP contribution in [0.15, 0.2) is 42.5 Å². The molecule has 1 aliphatic carbocycles. The van der Waals surface area contributed by atoms with E-state index in [9.17, 15) is 9.18 Å². The molecule has 1 saturated heterocycles. The minimum Gasteiger partial charge on any atom is -0.368 e. The number of anilines is 1. The van der Waals surface area contributed by atoms with Crippen molar-refractivity contribution in [2.75, 3.05) is 31.1 Å². The smallest absolute Gasteiger partial charge is 0.274 e. The van der Waals surface area contributed by atoms with Crippen LogP contribution in [0.25, 0.3) is 5.69 Å². The number of rotatable bonds is 3. The SMILES string of the molecule is Cc1cccc(N2CCN(C(=O)c3nn(-c4ccc(F)cc4)c4c3CCCC4)CC2)c1C. The summed E-state index contributed by atoms with van der Waals surface area (Å²) in [4.78, 5) is 17.8. The summed E-state index contributed by atoms with van der Waals surface area (Å²) in [5.74, 6) is -0.252. The van der Waals surface area contributed by atoms with Crippen molar-refractivity contribution in [3.05, 3.63) is 76.4 Å². The molecule has 3 aromatic rings. The molecule has 5 rings (SSSR count). The molecule has 0 spiro atoms. The van der Waals surface area contributed by atoms with Crippen molar-refractivity contribution in [3.8, 4) is 5.69 Å². The van der Waals surface area contributed by atoms with Gasteiger partial charge in [-0.3, -0.25) is 4.79 Å². The van der Waals surface area contributed by atoms with E-state index in [1.54, 1.807) is 12.1 Å². The van der Waals surface area contributed by atoms with Gasteiger partial charge in [0.15, 0.2) is 5.69 Å². The largest absolute Gasteiger partial charge is 0.368 e. The summed E-state index contributed by atoms with van der Waals surface area (Å²) in [5, 5.41) is 4.76. The number of amides is 1. The Labute approximate surface area is 188 Å². The molecule has 0 saturated carbocycles. The molecule has 166 valence electrons. The molecule has 2 heterocycles. The summed E-state index contributed by atoms with van der Waals surface area (Å²) in [6.07, 6.45) is 3.93. The lowest BCUT2D eigenvalue weighted by Crippen LogP contribution is -2.49. The molecule has 0 radical (unpaired) electrons. The van der Waals surface area contributed by atoms with E-state index in [-0.39, 0.29) is 11.7 Å². The van der Waals surface area contributed by atoms with Crippen LogP contribution < -0.4 is 4.90 Å². The molecule has 1 aliphatic heterocycles. The molecule has 2 aliphatic rings. The Balaban J connectivity index is 1.38. The van der Waals surface area contributed by atoms with Gasteiger partial charge in [0.05, 0.1) is 5.69 Å². The molecule has 6 heteroatoms. The van der Waals surface area contributed by atoms with Crippen molar-refractivity contribution in [2.24, 2.45) is 0 Å². The first kappa shape index (κ1) is 20.7. The van der Waals surface area contributed by atoms with Crippen LogP contribution >= 0.6 is 0 Å². The average Bonchev–Trinajstić information content (AvgIpc) is 3.21. The van der Waals surface area contributed by atoms with Gasteiger partial charge in [-0.25, -0.2) is 9.07 Å². The lowest BCUT2D eigenvalue weighted by atomic mass is 9.95. The van der Waals surface area contributed by atoms with Crippen molar-refractivity contribution in [1.29, 1.82) is 0 Å². The van der Waals surface area contributed by atoms with Crippen LogP contribution in [0.4, 0.5) is 10.1 Å². The van der Waals surface area contributed by atoms with Gasteiger partial charge in [0.2, 0.25) is 0 Å². The summed E-state index contributed by atoms with van der Waals surface area (Å²) < 4.78 is 15.3. The summed E-state index contributed by atoms with van der Waals surface area (Å²) in [5.41, 5.74) is 7.41. The molecule has 2 aromatic carbocycles. The summed E-state index contributed by atoms with van der Waals surface area (Å²) in [6.45, 7) is 7.30. The molecule has 5 nitrogen and oxygen atoms in total. The number of benzene rings is 2. The van der Waals surface area contributed by atoms with Gasteiger partial charge in [-0.05, 0) is 81.0 Å². The van der Waals surface area contributed by atoms with Gasteiger partial charge >= 0.3 is 0 Å². The summed E-state index contributed by atoms with van der Waals surface area (Å²) in [7, 11) is 0. The lowest BCUT2D eigenvalue weighted by Gasteiger charge is -2.37. The zero-order valence-corrected chi connectivity index (χ0v) is 18.8. The van der Waals surface area contributed by atoms with Gasteiger partial charge in [0, 0.05) is 43.1 Å². The van der Waals surface area contributed by atoms with Gasteiger partial charge < -0.3 is 9.80 Å². The molecular formula is C26H29FN4O. The number of piperazine rings is 1. The number of aromatic nitrogens is 2. The van der Waals surface area contributed by atoms with Gasteiger partial charge in [0.1, 0.15) is 5.82 Å². The van der Waals surface area contributed by atoms with Gasteiger partial charge in [-0.1, -0.05) is 12.1 Å². The van der Waals surface area contributed by atoms with Crippen LogP contribution in [0.1, 0.15) is 45.7 Å². The second-order valence-electron chi connectivity index (χ2n) is 8.87. The third-order valence-electron chi connectivity index (χ3n) is 6.94. The van der Waals surface area contributed by atoms with E-state index < -0.39 is 0 Å². The Bertz CT molecular complexity index is 1140. The maximum absolute atomic E-state index is 13.5. The Morgan fingerprint density at radius 2 is 1.66 bits per heavy atom. The van der Waals surface area contributed by atoms with Crippen molar-refractivity contribution in [1.82, 2.24) is 14.7 Å². The summed E-state index contributed by atoms with van der Waals surface area (Å²) in [6, 6.07) is 12.8. The number of hydrogen-bond acceptors (Lipinski definition) is 3. The third-order valence-corrected chi connectivity index (χ3v) is 6.94. The number of fused-ring (bicyclic) bond motifs is 1. The molecule has 1 fully saturated rings. The van der Waals surface area contributed by atoms with E-state index in [0.29, 0.717) is 18.8 Å². The molecular weight excluding hydrogens is 403 g/mol. The second kappa shape index (κ2) is 8.41. The quantitative estimate of drug-likeness (QED) is 0.613. The van der Waals surface area contributed by atoms with Crippen molar-refractivity contribution in [3.63, 3.8) is 0 Å². The van der Waals surface area contributed by atoms with E-state index in [2.05, 4.69) is 36.9 Å². The topological polar surface area (TPSA) is 41.4 Å². The fourth-order valence-corrected chi connectivity index (χ4v) is 4.95. The van der Waals surface area contributed by atoms with Crippen LogP contribution in [-0.2, 0) is 12.8 Å². The predicted molar refractivity (Wildman–Crippen MR) is 124 cm³/mol. The lowest BCUT2D eigenvalue weighted by molar-refractivity contribution is 0.0739. The maximum atomic E-state index is 13.5. The van der Waals surface area contributed by atoms with E-state index in [0.717, 1.165) is 55.7 Å². The van der Waals surface area contributed by atoms with Crippen LogP contribution in [-0.4, -0.2) is 46.8 Å². The van der Waals surface area contributed by atoms with Crippen molar-refractivity contribution >= 4 is 11.6 Å². The highest BCUT2D eigenvalue weighted by molar-refractivity contribution is 5.94. The van der Waals surface area contributed by atoms with E-state index >= 15 is 0 Å². The fraction of sp³-hybridized carbons (Fsp3) is 0.385. The molecule has 0 N–H and O–H groups in total. The van der Waals surface area contributed by atoms with E-state index in [1.807, 2.05) is 9.58 Å². The van der Waals surface area contributed by atoms with Gasteiger partial charge in [-0.15, -0.1) is 0 Å². The molecule has 0 bridgehead atoms. The number of halogens is 1. The highest BCUT2D eigenvalue weighted by atomic mass is 19.1. The minimum absolute atomic E-state index is 0.0182. The zero-order valence-electron chi connectivity index (χ0n) is 18.8. The van der Waals surface area contributed by atoms with Crippen LogP contribution in [0, 0.1) is 19.7 Å². The number of hydrogen-bond donors (Lipinski definition) is 0. The first-order valence-electron chi connectivity index (χ1n) is 11.5. The Morgan fingerprint density at radius 3 is 2.41 bits per heavy atom. The third kappa shape index (κ3) is 3.68. The van der Waals surface area contributed by atoms with E-state index in [4.69, 9.17) is 5.10 Å². The highest BCUT2D eigenvalue weighted by Gasteiger charge is 2.30. The molecule has 32 heavy (non-hydrogen) atoms. The second-order valence-corrected chi connectivity index (χ2v) is 8.87. The average molecular weight is 433 g/mol. The molecule has 0 unspecified atom stereocenters. The van der Waals surface area contributed by atoms with Crippen LogP contribution in [0.3, 0.4) is 0 Å². The molecule has 1 aromatic heterocycles. The first-order valence-corrected chi connectivity index (χ1v) is 11.5. The van der Waals surface area contributed by atoms with Gasteiger partial charge in [-0.2, -0.15) is 5.10 Å². The molecule has 1 amide bonds. The van der Waals surface area contributed by atoms with Gasteiger partial charge in [0.25, 0.3) is 5.91 Å².